The van der Waals surface area contributed by atoms with Gasteiger partial charge in [0.15, 0.2) is 5.69 Å². The fraction of sp³-hybridized carbons (Fsp3) is 0.167. The Morgan fingerprint density at radius 1 is 1.31 bits per heavy atom. The van der Waals surface area contributed by atoms with E-state index in [4.69, 9.17) is 10.8 Å². The van der Waals surface area contributed by atoms with Crippen LogP contribution in [0.2, 0.25) is 0 Å². The number of aromatic carboxylic acids is 1. The predicted octanol–water partition coefficient (Wildman–Crippen LogP) is 2.13. The molecule has 0 aliphatic heterocycles. The quantitative estimate of drug-likeness (QED) is 0.765. The molecule has 1 aromatic heterocycles. The van der Waals surface area contributed by atoms with Crippen LogP contribution in [0.4, 0.5) is 5.69 Å². The molecule has 0 bridgehead atoms. The number of nitrogens with zero attached hydrogens (tertiary/aromatic N) is 1. The van der Waals surface area contributed by atoms with Gasteiger partial charge in [0, 0.05) is 11.1 Å². The highest BCUT2D eigenvalue weighted by Crippen LogP contribution is 2.25. The minimum atomic E-state index is -1.06. The van der Waals surface area contributed by atoms with Crippen LogP contribution in [-0.4, -0.2) is 16.1 Å². The molecule has 2 aromatic rings. The molecule has 0 aliphatic rings. The molecular formula is C12H12N2O2. The van der Waals surface area contributed by atoms with Crippen LogP contribution < -0.4 is 5.73 Å². The summed E-state index contributed by atoms with van der Waals surface area (Å²) in [5, 5.41) is 9.72. The first-order valence-corrected chi connectivity index (χ1v) is 4.90. The molecule has 0 saturated heterocycles. The van der Waals surface area contributed by atoms with Crippen LogP contribution in [0.15, 0.2) is 18.2 Å². The van der Waals surface area contributed by atoms with Gasteiger partial charge in [-0.2, -0.15) is 0 Å². The zero-order valence-electron chi connectivity index (χ0n) is 9.11. The molecule has 0 fully saturated rings. The summed E-state index contributed by atoms with van der Waals surface area (Å²) in [5.41, 5.74) is 8.97. The van der Waals surface area contributed by atoms with Crippen molar-refractivity contribution in [3.63, 3.8) is 0 Å². The first-order valence-electron chi connectivity index (χ1n) is 4.90. The number of hydrogen-bond acceptors (Lipinski definition) is 3. The summed E-state index contributed by atoms with van der Waals surface area (Å²) in [6, 6.07) is 5.24. The number of fused-ring (bicyclic) bond motifs is 1. The van der Waals surface area contributed by atoms with Crippen molar-refractivity contribution in [1.82, 2.24) is 4.98 Å². The number of nitrogen functional groups attached to an aromatic ring is 1. The maximum absolute atomic E-state index is 10.8. The largest absolute Gasteiger partial charge is 0.477 e. The van der Waals surface area contributed by atoms with E-state index >= 15 is 0 Å². The number of carbonyl (C=O) groups is 1. The van der Waals surface area contributed by atoms with E-state index in [2.05, 4.69) is 4.98 Å². The number of pyridine rings is 1. The smallest absolute Gasteiger partial charge is 0.354 e. The molecule has 0 saturated carbocycles. The Morgan fingerprint density at radius 3 is 2.62 bits per heavy atom. The molecular weight excluding hydrogens is 204 g/mol. The Morgan fingerprint density at radius 2 is 2.00 bits per heavy atom. The van der Waals surface area contributed by atoms with E-state index in [1.165, 1.54) is 6.07 Å². The molecule has 1 heterocycles. The highest BCUT2D eigenvalue weighted by Gasteiger charge is 2.10. The summed E-state index contributed by atoms with van der Waals surface area (Å²) in [5.74, 6) is -1.06. The van der Waals surface area contributed by atoms with E-state index in [0.29, 0.717) is 11.2 Å². The summed E-state index contributed by atoms with van der Waals surface area (Å²) < 4.78 is 0. The molecule has 4 nitrogen and oxygen atoms in total. The van der Waals surface area contributed by atoms with Crippen molar-refractivity contribution in [3.8, 4) is 0 Å². The van der Waals surface area contributed by atoms with Gasteiger partial charge in [0.1, 0.15) is 0 Å². The van der Waals surface area contributed by atoms with E-state index in [1.54, 1.807) is 0 Å². The average Bonchev–Trinajstić information content (AvgIpc) is 2.15. The van der Waals surface area contributed by atoms with E-state index in [9.17, 15) is 4.79 Å². The van der Waals surface area contributed by atoms with Crippen molar-refractivity contribution in [2.75, 3.05) is 5.73 Å². The lowest BCUT2D eigenvalue weighted by atomic mass is 10.0. The molecule has 0 aliphatic carbocycles. The molecule has 0 radical (unpaired) electrons. The van der Waals surface area contributed by atoms with Crippen molar-refractivity contribution >= 4 is 22.6 Å². The molecule has 2 rings (SSSR count). The molecule has 3 N–H and O–H groups in total. The minimum Gasteiger partial charge on any atom is -0.477 e. The highest BCUT2D eigenvalue weighted by molar-refractivity contribution is 5.98. The third kappa shape index (κ3) is 1.58. The standard InChI is InChI=1S/C12H12N2O2/c1-6-3-7(2)11-8(13)5-10(12(15)16)14-9(11)4-6/h3-5H,1-2H3,(H2,13,14)(H,15,16). The van der Waals surface area contributed by atoms with Crippen LogP contribution >= 0.6 is 0 Å². The number of nitrogens with two attached hydrogens (primary N) is 1. The van der Waals surface area contributed by atoms with Gasteiger partial charge in [-0.3, -0.25) is 0 Å². The Balaban J connectivity index is 2.87. The maximum Gasteiger partial charge on any atom is 0.354 e. The summed E-state index contributed by atoms with van der Waals surface area (Å²) >= 11 is 0. The zero-order valence-corrected chi connectivity index (χ0v) is 9.11. The van der Waals surface area contributed by atoms with Crippen LogP contribution in [0.25, 0.3) is 10.9 Å². The number of carboxylic acids is 1. The van der Waals surface area contributed by atoms with Gasteiger partial charge in [-0.25, -0.2) is 9.78 Å². The van der Waals surface area contributed by atoms with Gasteiger partial charge in [0.25, 0.3) is 0 Å². The molecule has 0 atom stereocenters. The Kier molecular flexibility index (Phi) is 2.27. The number of benzene rings is 1. The Labute approximate surface area is 92.7 Å². The lowest BCUT2D eigenvalue weighted by Crippen LogP contribution is -2.03. The Hall–Kier alpha value is -2.10. The van der Waals surface area contributed by atoms with Gasteiger partial charge in [-0.15, -0.1) is 0 Å². The van der Waals surface area contributed by atoms with Crippen LogP contribution in [0.5, 0.6) is 0 Å². The molecule has 0 amide bonds. The number of aromatic nitrogens is 1. The normalized spacial score (nSPS) is 10.6. The maximum atomic E-state index is 10.8. The number of carboxylic acid groups (broad SMARTS) is 1. The number of rotatable bonds is 1. The van der Waals surface area contributed by atoms with E-state index < -0.39 is 5.97 Å². The lowest BCUT2D eigenvalue weighted by molar-refractivity contribution is 0.0691. The number of hydrogen-bond donors (Lipinski definition) is 2. The van der Waals surface area contributed by atoms with Gasteiger partial charge in [0.05, 0.1) is 5.52 Å². The van der Waals surface area contributed by atoms with Crippen molar-refractivity contribution in [1.29, 1.82) is 0 Å². The molecule has 0 spiro atoms. The summed E-state index contributed by atoms with van der Waals surface area (Å²) in [6.45, 7) is 3.88. The predicted molar refractivity (Wildman–Crippen MR) is 62.6 cm³/mol. The second kappa shape index (κ2) is 3.48. The van der Waals surface area contributed by atoms with E-state index in [-0.39, 0.29) is 5.69 Å². The summed E-state index contributed by atoms with van der Waals surface area (Å²) in [6.07, 6.45) is 0. The minimum absolute atomic E-state index is 0.0185. The highest BCUT2D eigenvalue weighted by atomic mass is 16.4. The second-order valence-electron chi connectivity index (χ2n) is 3.88. The monoisotopic (exact) mass is 216 g/mol. The SMILES string of the molecule is Cc1cc(C)c2c(N)cc(C(=O)O)nc2c1. The summed E-state index contributed by atoms with van der Waals surface area (Å²) in [4.78, 5) is 14.9. The number of aryl methyl sites for hydroxylation is 2. The van der Waals surface area contributed by atoms with E-state index in [1.807, 2.05) is 26.0 Å². The zero-order chi connectivity index (χ0) is 11.9. The van der Waals surface area contributed by atoms with E-state index in [0.717, 1.165) is 16.5 Å². The van der Waals surface area contributed by atoms with Crippen molar-refractivity contribution in [2.24, 2.45) is 0 Å². The van der Waals surface area contributed by atoms with Gasteiger partial charge in [-0.1, -0.05) is 6.07 Å². The topological polar surface area (TPSA) is 76.2 Å². The third-order valence-corrected chi connectivity index (χ3v) is 2.50. The molecule has 1 aromatic carbocycles. The van der Waals surface area contributed by atoms with Crippen LogP contribution in [0.1, 0.15) is 21.6 Å². The van der Waals surface area contributed by atoms with Gasteiger partial charge < -0.3 is 10.8 Å². The van der Waals surface area contributed by atoms with Gasteiger partial charge in [0.2, 0.25) is 0 Å². The van der Waals surface area contributed by atoms with Gasteiger partial charge >= 0.3 is 5.97 Å². The first-order chi connectivity index (χ1) is 7.49. The van der Waals surface area contributed by atoms with Crippen LogP contribution in [0.3, 0.4) is 0 Å². The van der Waals surface area contributed by atoms with Crippen molar-refractivity contribution < 1.29 is 9.90 Å². The number of anilines is 1. The molecule has 4 heteroatoms. The second-order valence-corrected chi connectivity index (χ2v) is 3.88. The molecule has 16 heavy (non-hydrogen) atoms. The summed E-state index contributed by atoms with van der Waals surface area (Å²) in [7, 11) is 0. The molecule has 82 valence electrons. The van der Waals surface area contributed by atoms with Gasteiger partial charge in [-0.05, 0) is 37.1 Å². The fourth-order valence-electron chi connectivity index (χ4n) is 1.90. The van der Waals surface area contributed by atoms with Crippen molar-refractivity contribution in [2.45, 2.75) is 13.8 Å². The van der Waals surface area contributed by atoms with Crippen molar-refractivity contribution in [3.05, 3.63) is 35.0 Å². The first kappa shape index (κ1) is 10.4. The fourth-order valence-corrected chi connectivity index (χ4v) is 1.90. The van der Waals surface area contributed by atoms with Crippen LogP contribution in [-0.2, 0) is 0 Å². The lowest BCUT2D eigenvalue weighted by Gasteiger charge is -2.07. The molecule has 0 unspecified atom stereocenters. The van der Waals surface area contributed by atoms with Crippen LogP contribution in [0, 0.1) is 13.8 Å². The third-order valence-electron chi connectivity index (χ3n) is 2.50. The Bertz CT molecular complexity index is 591. The average molecular weight is 216 g/mol.